The van der Waals surface area contributed by atoms with Gasteiger partial charge in [-0.05, 0) is 37.0 Å². The minimum absolute atomic E-state index is 0.0141. The van der Waals surface area contributed by atoms with Crippen molar-refractivity contribution in [3.63, 3.8) is 0 Å². The van der Waals surface area contributed by atoms with Crippen LogP contribution in [0.3, 0.4) is 0 Å². The highest BCUT2D eigenvalue weighted by Crippen LogP contribution is 2.28. The third-order valence-electron chi connectivity index (χ3n) is 4.11. The summed E-state index contributed by atoms with van der Waals surface area (Å²) in [7, 11) is 1.68. The average Bonchev–Trinajstić information content (AvgIpc) is 3.03. The monoisotopic (exact) mass is 329 g/mol. The number of fused-ring (bicyclic) bond motifs is 1. The molecule has 1 aliphatic rings. The predicted octanol–water partition coefficient (Wildman–Crippen LogP) is 2.10. The lowest BCUT2D eigenvalue weighted by Crippen LogP contribution is -2.34. The molecule has 1 heterocycles. The van der Waals surface area contributed by atoms with Crippen LogP contribution in [0, 0.1) is 0 Å². The largest absolute Gasteiger partial charge is 0.484 e. The van der Waals surface area contributed by atoms with Crippen LogP contribution in [0.5, 0.6) is 5.75 Å². The number of carbonyl (C=O) groups is 1. The number of amides is 1. The van der Waals surface area contributed by atoms with Crippen molar-refractivity contribution in [2.75, 3.05) is 20.3 Å². The summed E-state index contributed by atoms with van der Waals surface area (Å²) in [4.78, 5) is 12.2. The molecular weight excluding hydrogens is 306 g/mol. The third-order valence-corrected chi connectivity index (χ3v) is 4.11. The Bertz CT molecular complexity index is 669. The SMILES string of the molecule is COCCn1cc2c(n1)[C@@H](NC(=O)COc1ccccc1)CCC2. The van der Waals surface area contributed by atoms with Crippen molar-refractivity contribution < 1.29 is 14.3 Å². The quantitative estimate of drug-likeness (QED) is 0.845. The number of nitrogens with one attached hydrogen (secondary N) is 1. The highest BCUT2D eigenvalue weighted by atomic mass is 16.5. The molecule has 6 nitrogen and oxygen atoms in total. The zero-order chi connectivity index (χ0) is 16.8. The molecule has 1 aromatic heterocycles. The van der Waals surface area contributed by atoms with Gasteiger partial charge in [0.1, 0.15) is 5.75 Å². The van der Waals surface area contributed by atoms with Crippen molar-refractivity contribution in [2.24, 2.45) is 0 Å². The van der Waals surface area contributed by atoms with Crippen LogP contribution in [0.1, 0.15) is 30.1 Å². The molecule has 3 rings (SSSR count). The van der Waals surface area contributed by atoms with Crippen LogP contribution in [-0.2, 0) is 22.5 Å². The van der Waals surface area contributed by atoms with Crippen LogP contribution in [-0.4, -0.2) is 36.0 Å². The predicted molar refractivity (Wildman–Crippen MR) is 89.9 cm³/mol. The Morgan fingerprint density at radius 3 is 3.00 bits per heavy atom. The number of rotatable bonds is 7. The Labute approximate surface area is 141 Å². The molecule has 0 saturated heterocycles. The summed E-state index contributed by atoms with van der Waals surface area (Å²) in [6, 6.07) is 9.31. The summed E-state index contributed by atoms with van der Waals surface area (Å²) < 4.78 is 12.5. The van der Waals surface area contributed by atoms with E-state index in [0.717, 1.165) is 31.5 Å². The summed E-state index contributed by atoms with van der Waals surface area (Å²) in [6.45, 7) is 1.37. The van der Waals surface area contributed by atoms with E-state index in [9.17, 15) is 4.79 Å². The molecule has 0 radical (unpaired) electrons. The first-order valence-corrected chi connectivity index (χ1v) is 8.28. The molecule has 1 aromatic carbocycles. The highest BCUT2D eigenvalue weighted by molar-refractivity contribution is 5.78. The maximum absolute atomic E-state index is 12.2. The van der Waals surface area contributed by atoms with Gasteiger partial charge in [0.15, 0.2) is 6.61 Å². The van der Waals surface area contributed by atoms with E-state index in [1.165, 1.54) is 5.56 Å². The second-order valence-electron chi connectivity index (χ2n) is 5.91. The number of carbonyl (C=O) groups excluding carboxylic acids is 1. The fourth-order valence-corrected chi connectivity index (χ4v) is 2.94. The molecule has 0 spiro atoms. The van der Waals surface area contributed by atoms with Gasteiger partial charge in [0, 0.05) is 13.3 Å². The number of ether oxygens (including phenoxy) is 2. The second-order valence-corrected chi connectivity index (χ2v) is 5.91. The normalized spacial score (nSPS) is 16.5. The fourth-order valence-electron chi connectivity index (χ4n) is 2.94. The first-order valence-electron chi connectivity index (χ1n) is 8.28. The van der Waals surface area contributed by atoms with Gasteiger partial charge in [-0.25, -0.2) is 0 Å². The van der Waals surface area contributed by atoms with Gasteiger partial charge in [-0.2, -0.15) is 5.10 Å². The Morgan fingerprint density at radius 2 is 2.21 bits per heavy atom. The van der Waals surface area contributed by atoms with Gasteiger partial charge in [0.25, 0.3) is 5.91 Å². The molecular formula is C18H23N3O3. The van der Waals surface area contributed by atoms with Gasteiger partial charge in [-0.3, -0.25) is 9.48 Å². The summed E-state index contributed by atoms with van der Waals surface area (Å²) in [6.07, 6.45) is 5.03. The fraction of sp³-hybridized carbons (Fsp3) is 0.444. The number of para-hydroxylation sites is 1. The van der Waals surface area contributed by atoms with Crippen LogP contribution in [0.25, 0.3) is 0 Å². The maximum Gasteiger partial charge on any atom is 0.258 e. The number of methoxy groups -OCH3 is 1. The van der Waals surface area contributed by atoms with Gasteiger partial charge in [0.2, 0.25) is 0 Å². The third kappa shape index (κ3) is 4.14. The molecule has 0 unspecified atom stereocenters. The topological polar surface area (TPSA) is 65.4 Å². The number of hydrogen-bond donors (Lipinski definition) is 1. The van der Waals surface area contributed by atoms with Gasteiger partial charge in [-0.1, -0.05) is 18.2 Å². The Morgan fingerprint density at radius 1 is 1.38 bits per heavy atom. The summed E-state index contributed by atoms with van der Waals surface area (Å²) in [5, 5.41) is 7.67. The van der Waals surface area contributed by atoms with Crippen molar-refractivity contribution in [3.05, 3.63) is 47.8 Å². The van der Waals surface area contributed by atoms with E-state index < -0.39 is 0 Å². The zero-order valence-corrected chi connectivity index (χ0v) is 13.9. The number of nitrogens with zero attached hydrogens (tertiary/aromatic N) is 2. The van der Waals surface area contributed by atoms with Gasteiger partial charge in [-0.15, -0.1) is 0 Å². The van der Waals surface area contributed by atoms with E-state index >= 15 is 0 Å². The van der Waals surface area contributed by atoms with Crippen LogP contribution in [0.2, 0.25) is 0 Å². The molecule has 128 valence electrons. The van der Waals surface area contributed by atoms with Crippen LogP contribution in [0.15, 0.2) is 36.5 Å². The van der Waals surface area contributed by atoms with Crippen molar-refractivity contribution in [1.29, 1.82) is 0 Å². The summed E-state index contributed by atoms with van der Waals surface area (Å²) in [5.41, 5.74) is 2.19. The van der Waals surface area contributed by atoms with Crippen molar-refractivity contribution in [3.8, 4) is 5.75 Å². The molecule has 0 aliphatic heterocycles. The lowest BCUT2D eigenvalue weighted by atomic mass is 9.94. The van der Waals surface area contributed by atoms with E-state index in [-0.39, 0.29) is 18.6 Å². The van der Waals surface area contributed by atoms with Crippen molar-refractivity contribution in [2.45, 2.75) is 31.8 Å². The molecule has 0 fully saturated rings. The number of benzene rings is 1. The number of hydrogen-bond acceptors (Lipinski definition) is 4. The minimum Gasteiger partial charge on any atom is -0.484 e. The van der Waals surface area contributed by atoms with E-state index in [1.54, 1.807) is 7.11 Å². The molecule has 24 heavy (non-hydrogen) atoms. The number of aromatic nitrogens is 2. The van der Waals surface area contributed by atoms with E-state index in [0.29, 0.717) is 12.4 Å². The van der Waals surface area contributed by atoms with Crippen LogP contribution >= 0.6 is 0 Å². The molecule has 0 bridgehead atoms. The highest BCUT2D eigenvalue weighted by Gasteiger charge is 2.25. The van der Waals surface area contributed by atoms with Crippen LogP contribution < -0.4 is 10.1 Å². The average molecular weight is 329 g/mol. The molecule has 1 atom stereocenters. The maximum atomic E-state index is 12.2. The molecule has 0 saturated carbocycles. The molecule has 1 N–H and O–H groups in total. The smallest absolute Gasteiger partial charge is 0.258 e. The zero-order valence-electron chi connectivity index (χ0n) is 13.9. The lowest BCUT2D eigenvalue weighted by molar-refractivity contribution is -0.124. The van der Waals surface area contributed by atoms with E-state index in [1.807, 2.05) is 35.0 Å². The van der Waals surface area contributed by atoms with Gasteiger partial charge >= 0.3 is 0 Å². The molecule has 1 aliphatic carbocycles. The number of aryl methyl sites for hydroxylation is 1. The minimum atomic E-state index is -0.122. The summed E-state index contributed by atoms with van der Waals surface area (Å²) in [5.74, 6) is 0.573. The van der Waals surface area contributed by atoms with Crippen molar-refractivity contribution >= 4 is 5.91 Å². The lowest BCUT2D eigenvalue weighted by Gasteiger charge is -2.22. The van der Waals surface area contributed by atoms with Gasteiger partial charge in [0.05, 0.1) is 24.9 Å². The van der Waals surface area contributed by atoms with Gasteiger partial charge < -0.3 is 14.8 Å². The Kier molecular flexibility index (Phi) is 5.48. The Hall–Kier alpha value is -2.34. The van der Waals surface area contributed by atoms with E-state index in [4.69, 9.17) is 9.47 Å². The molecule has 6 heteroatoms. The first kappa shape index (κ1) is 16.5. The standard InChI is InChI=1S/C18H23N3O3/c1-23-11-10-21-12-14-6-5-9-16(18(14)20-21)19-17(22)13-24-15-7-3-2-4-8-15/h2-4,7-8,12,16H,5-6,9-11,13H2,1H3,(H,19,22)/t16-/m0/s1. The first-order chi connectivity index (χ1) is 11.8. The molecule has 1 amide bonds. The molecule has 2 aromatic rings. The van der Waals surface area contributed by atoms with E-state index in [2.05, 4.69) is 16.6 Å². The Balaban J connectivity index is 1.58. The summed E-state index contributed by atoms with van der Waals surface area (Å²) >= 11 is 0. The van der Waals surface area contributed by atoms with Crippen molar-refractivity contribution in [1.82, 2.24) is 15.1 Å². The second kappa shape index (κ2) is 7.97. The van der Waals surface area contributed by atoms with Crippen LogP contribution in [0.4, 0.5) is 0 Å².